The fourth-order valence-electron chi connectivity index (χ4n) is 3.16. The first-order valence-electron chi connectivity index (χ1n) is 9.69. The van der Waals surface area contributed by atoms with Crippen LogP contribution in [0, 0.1) is 0 Å². The number of rotatable bonds is 10. The third kappa shape index (κ3) is 5.07. The maximum absolute atomic E-state index is 13.1. The lowest BCUT2D eigenvalue weighted by Gasteiger charge is -2.14. The van der Waals surface area contributed by atoms with Crippen LogP contribution in [0.15, 0.2) is 51.6 Å². The summed E-state index contributed by atoms with van der Waals surface area (Å²) >= 11 is 8.80. The third-order valence-corrected chi connectivity index (χ3v) is 6.89. The molecule has 1 aliphatic heterocycles. The van der Waals surface area contributed by atoms with Gasteiger partial charge >= 0.3 is 0 Å². The summed E-state index contributed by atoms with van der Waals surface area (Å²) in [6.45, 7) is 2.68. The maximum atomic E-state index is 13.1. The predicted octanol–water partition coefficient (Wildman–Crippen LogP) is 6.63. The van der Waals surface area contributed by atoms with Crippen molar-refractivity contribution in [3.8, 4) is 0 Å². The van der Waals surface area contributed by atoms with Crippen LogP contribution in [0.4, 0.5) is 0 Å². The van der Waals surface area contributed by atoms with Crippen molar-refractivity contribution in [3.05, 3.63) is 56.6 Å². The maximum Gasteiger partial charge on any atom is 0.268 e. The van der Waals surface area contributed by atoms with Crippen LogP contribution in [0.2, 0.25) is 5.02 Å². The summed E-state index contributed by atoms with van der Waals surface area (Å²) in [7, 11) is 0. The minimum absolute atomic E-state index is 0.169. The minimum atomic E-state index is -0.179. The minimum Gasteiger partial charge on any atom is -0.274 e. The van der Waals surface area contributed by atoms with Crippen molar-refractivity contribution in [2.75, 3.05) is 6.54 Å². The lowest BCUT2D eigenvalue weighted by Crippen LogP contribution is -2.32. The fourth-order valence-corrected chi connectivity index (χ4v) is 5.12. The number of imide groups is 1. The molecule has 1 aromatic heterocycles. The highest BCUT2D eigenvalue weighted by Gasteiger charge is 2.39. The summed E-state index contributed by atoms with van der Waals surface area (Å²) in [5.74, 6) is -0.348. The Morgan fingerprint density at radius 2 is 1.68 bits per heavy atom. The van der Waals surface area contributed by atoms with E-state index in [1.165, 1.54) is 47.3 Å². The molecule has 0 aliphatic carbocycles. The quantitative estimate of drug-likeness (QED) is 0.311. The van der Waals surface area contributed by atoms with E-state index in [4.69, 9.17) is 11.6 Å². The molecule has 6 heteroatoms. The zero-order chi connectivity index (χ0) is 19.9. The molecule has 0 spiro atoms. The monoisotopic (exact) mass is 433 g/mol. The summed E-state index contributed by atoms with van der Waals surface area (Å²) in [6, 6.07) is 11.2. The number of halogens is 1. The number of unbranched alkanes of at least 4 members (excludes halogenated alkanes) is 5. The number of thioether (sulfide) groups is 1. The Hall–Kier alpha value is -1.56. The largest absolute Gasteiger partial charge is 0.274 e. The Morgan fingerprint density at radius 1 is 0.964 bits per heavy atom. The first kappa shape index (κ1) is 21.2. The zero-order valence-corrected chi connectivity index (χ0v) is 18.3. The van der Waals surface area contributed by atoms with Crippen LogP contribution >= 0.6 is 34.7 Å². The lowest BCUT2D eigenvalue weighted by molar-refractivity contribution is -0.136. The molecule has 28 heavy (non-hydrogen) atoms. The van der Waals surface area contributed by atoms with Gasteiger partial charge in [-0.15, -0.1) is 11.3 Å². The number of amides is 2. The van der Waals surface area contributed by atoms with E-state index in [9.17, 15) is 9.59 Å². The molecular formula is C22H24ClNO2S2. The molecule has 0 unspecified atom stereocenters. The van der Waals surface area contributed by atoms with Gasteiger partial charge in [0.2, 0.25) is 0 Å². The number of benzene rings is 1. The van der Waals surface area contributed by atoms with Gasteiger partial charge in [0.05, 0.1) is 10.5 Å². The Balaban J connectivity index is 1.75. The molecule has 2 heterocycles. The summed E-state index contributed by atoms with van der Waals surface area (Å²) in [4.78, 5) is 29.8. The zero-order valence-electron chi connectivity index (χ0n) is 15.9. The standard InChI is InChI=1S/C22H24ClNO2S2/c1-2-3-4-5-6-7-14-24-21(25)19(18-9-8-15-27-18)20(22(24)26)28-17-12-10-16(23)11-13-17/h8-13,15H,2-7,14H2,1H3. The number of hydrogen-bond donors (Lipinski definition) is 0. The van der Waals surface area contributed by atoms with E-state index < -0.39 is 0 Å². The van der Waals surface area contributed by atoms with E-state index in [0.29, 0.717) is 22.0 Å². The molecule has 1 aromatic carbocycles. The molecule has 0 saturated heterocycles. The lowest BCUT2D eigenvalue weighted by atomic mass is 10.1. The Kier molecular flexibility index (Phi) is 7.77. The fraction of sp³-hybridized carbons (Fsp3) is 0.364. The summed E-state index contributed by atoms with van der Waals surface area (Å²) < 4.78 is 0. The van der Waals surface area contributed by atoms with E-state index >= 15 is 0 Å². The molecule has 3 rings (SSSR count). The second-order valence-electron chi connectivity index (χ2n) is 6.77. The van der Waals surface area contributed by atoms with E-state index in [1.807, 2.05) is 29.6 Å². The van der Waals surface area contributed by atoms with Crippen molar-refractivity contribution < 1.29 is 9.59 Å². The Labute approximate surface area is 179 Å². The number of nitrogens with zero attached hydrogens (tertiary/aromatic N) is 1. The summed E-state index contributed by atoms with van der Waals surface area (Å²) in [5, 5.41) is 2.58. The molecule has 2 aromatic rings. The van der Waals surface area contributed by atoms with E-state index in [-0.39, 0.29) is 11.8 Å². The molecule has 2 amide bonds. The normalized spacial score (nSPS) is 14.4. The second kappa shape index (κ2) is 10.3. The highest BCUT2D eigenvalue weighted by molar-refractivity contribution is 8.04. The van der Waals surface area contributed by atoms with E-state index in [1.54, 1.807) is 12.1 Å². The van der Waals surface area contributed by atoms with Gasteiger partial charge in [0.1, 0.15) is 0 Å². The topological polar surface area (TPSA) is 37.4 Å². The first-order valence-corrected chi connectivity index (χ1v) is 11.8. The van der Waals surface area contributed by atoms with Gasteiger partial charge < -0.3 is 0 Å². The third-order valence-electron chi connectivity index (χ3n) is 4.66. The average Bonchev–Trinajstić information content (AvgIpc) is 3.29. The molecule has 0 bridgehead atoms. The van der Waals surface area contributed by atoms with Crippen LogP contribution in [0.25, 0.3) is 5.57 Å². The van der Waals surface area contributed by atoms with Gasteiger partial charge in [-0.2, -0.15) is 0 Å². The van der Waals surface area contributed by atoms with Gasteiger partial charge in [0.15, 0.2) is 0 Å². The van der Waals surface area contributed by atoms with Crippen LogP contribution in [0.5, 0.6) is 0 Å². The van der Waals surface area contributed by atoms with Crippen LogP contribution < -0.4 is 0 Å². The summed E-state index contributed by atoms with van der Waals surface area (Å²) in [5.41, 5.74) is 0.533. The molecule has 3 nitrogen and oxygen atoms in total. The number of carbonyl (C=O) groups is 2. The number of thiophene rings is 1. The Bertz CT molecular complexity index is 844. The van der Waals surface area contributed by atoms with Gasteiger partial charge in [-0.1, -0.05) is 68.5 Å². The summed E-state index contributed by atoms with van der Waals surface area (Å²) in [6.07, 6.45) is 6.73. The van der Waals surface area contributed by atoms with Gasteiger partial charge in [-0.05, 0) is 42.1 Å². The van der Waals surface area contributed by atoms with Gasteiger partial charge in [-0.25, -0.2) is 0 Å². The van der Waals surface area contributed by atoms with Crippen LogP contribution in [-0.2, 0) is 9.59 Å². The SMILES string of the molecule is CCCCCCCCN1C(=O)C(Sc2ccc(Cl)cc2)=C(c2cccs2)C1=O. The highest BCUT2D eigenvalue weighted by Crippen LogP contribution is 2.41. The average molecular weight is 434 g/mol. The van der Waals surface area contributed by atoms with Crippen molar-refractivity contribution in [1.29, 1.82) is 0 Å². The molecule has 1 aliphatic rings. The van der Waals surface area contributed by atoms with Crippen LogP contribution in [0.3, 0.4) is 0 Å². The Morgan fingerprint density at radius 3 is 2.36 bits per heavy atom. The molecule has 0 radical (unpaired) electrons. The number of hydrogen-bond acceptors (Lipinski definition) is 4. The highest BCUT2D eigenvalue weighted by atomic mass is 35.5. The molecule has 0 atom stereocenters. The number of carbonyl (C=O) groups excluding carboxylic acids is 2. The smallest absolute Gasteiger partial charge is 0.268 e. The first-order chi connectivity index (χ1) is 13.6. The van der Waals surface area contributed by atoms with Gasteiger partial charge in [-0.3, -0.25) is 14.5 Å². The molecule has 0 N–H and O–H groups in total. The second-order valence-corrected chi connectivity index (χ2v) is 9.24. The van der Waals surface area contributed by atoms with Crippen LogP contribution in [0.1, 0.15) is 50.3 Å². The van der Waals surface area contributed by atoms with Crippen molar-refractivity contribution >= 4 is 52.1 Å². The van der Waals surface area contributed by atoms with Crippen molar-refractivity contribution in [1.82, 2.24) is 4.90 Å². The molecular weight excluding hydrogens is 410 g/mol. The van der Waals surface area contributed by atoms with E-state index in [0.717, 1.165) is 29.0 Å². The van der Waals surface area contributed by atoms with Gasteiger partial charge in [0, 0.05) is 21.3 Å². The van der Waals surface area contributed by atoms with Crippen molar-refractivity contribution in [3.63, 3.8) is 0 Å². The molecule has 148 valence electrons. The van der Waals surface area contributed by atoms with Gasteiger partial charge in [0.25, 0.3) is 11.8 Å². The van der Waals surface area contributed by atoms with Crippen molar-refractivity contribution in [2.45, 2.75) is 50.3 Å². The molecule has 0 saturated carbocycles. The van der Waals surface area contributed by atoms with E-state index in [2.05, 4.69) is 6.92 Å². The molecule has 0 fully saturated rings. The predicted molar refractivity (Wildman–Crippen MR) is 119 cm³/mol. The van der Waals surface area contributed by atoms with Crippen LogP contribution in [-0.4, -0.2) is 23.3 Å². The van der Waals surface area contributed by atoms with Crippen molar-refractivity contribution in [2.24, 2.45) is 0 Å².